The van der Waals surface area contributed by atoms with Gasteiger partial charge in [-0.3, -0.25) is 4.79 Å². The van der Waals surface area contributed by atoms with Crippen molar-refractivity contribution in [3.63, 3.8) is 0 Å². The summed E-state index contributed by atoms with van der Waals surface area (Å²) in [6, 6.07) is 7.72. The summed E-state index contributed by atoms with van der Waals surface area (Å²) in [5.41, 5.74) is 0.745. The zero-order valence-electron chi connectivity index (χ0n) is 10.3. The SMILES string of the molecule is COc1cccc(SCc2cn(CC(=O)O)nn2)c1. The lowest BCUT2D eigenvalue weighted by atomic mass is 10.3. The second kappa shape index (κ2) is 6.24. The number of aromatic nitrogens is 3. The normalized spacial score (nSPS) is 10.4. The maximum Gasteiger partial charge on any atom is 0.325 e. The topological polar surface area (TPSA) is 77.2 Å². The van der Waals surface area contributed by atoms with Crippen molar-refractivity contribution in [2.24, 2.45) is 0 Å². The molecule has 0 unspecified atom stereocenters. The fourth-order valence-electron chi connectivity index (χ4n) is 1.47. The molecular formula is C12H13N3O3S. The van der Waals surface area contributed by atoms with Crippen molar-refractivity contribution in [3.05, 3.63) is 36.2 Å². The van der Waals surface area contributed by atoms with Gasteiger partial charge in [-0.05, 0) is 18.2 Å². The van der Waals surface area contributed by atoms with Gasteiger partial charge in [-0.15, -0.1) is 16.9 Å². The number of benzene rings is 1. The fourth-order valence-corrected chi connectivity index (χ4v) is 2.29. The molecule has 0 atom stereocenters. The molecule has 19 heavy (non-hydrogen) atoms. The minimum absolute atomic E-state index is 0.170. The van der Waals surface area contributed by atoms with Crippen molar-refractivity contribution < 1.29 is 14.6 Å². The molecule has 2 rings (SSSR count). The Labute approximate surface area is 114 Å². The number of thioether (sulfide) groups is 1. The third-order valence-corrected chi connectivity index (χ3v) is 3.34. The van der Waals surface area contributed by atoms with Gasteiger partial charge in [0, 0.05) is 16.8 Å². The van der Waals surface area contributed by atoms with Crippen LogP contribution in [-0.2, 0) is 17.1 Å². The molecule has 0 aliphatic heterocycles. The van der Waals surface area contributed by atoms with Gasteiger partial charge < -0.3 is 9.84 Å². The minimum atomic E-state index is -0.933. The highest BCUT2D eigenvalue weighted by Gasteiger charge is 2.05. The number of ether oxygens (including phenoxy) is 1. The first-order valence-electron chi connectivity index (χ1n) is 5.55. The van der Waals surface area contributed by atoms with Gasteiger partial charge >= 0.3 is 5.97 Å². The van der Waals surface area contributed by atoms with Crippen LogP contribution in [0.5, 0.6) is 5.75 Å². The highest BCUT2D eigenvalue weighted by atomic mass is 32.2. The highest BCUT2D eigenvalue weighted by molar-refractivity contribution is 7.98. The molecule has 0 aliphatic carbocycles. The number of carboxylic acid groups (broad SMARTS) is 1. The van der Waals surface area contributed by atoms with Crippen LogP contribution in [0, 0.1) is 0 Å². The van der Waals surface area contributed by atoms with Crippen molar-refractivity contribution in [2.75, 3.05) is 7.11 Å². The molecule has 0 radical (unpaired) electrons. The first-order valence-corrected chi connectivity index (χ1v) is 6.53. The smallest absolute Gasteiger partial charge is 0.325 e. The molecule has 0 bridgehead atoms. The summed E-state index contributed by atoms with van der Waals surface area (Å²) in [5.74, 6) is 0.503. The van der Waals surface area contributed by atoms with Gasteiger partial charge in [0.05, 0.1) is 12.8 Å². The van der Waals surface area contributed by atoms with Crippen LogP contribution in [0.15, 0.2) is 35.4 Å². The molecule has 1 N–H and O–H groups in total. The van der Waals surface area contributed by atoms with Gasteiger partial charge in [0.15, 0.2) is 0 Å². The van der Waals surface area contributed by atoms with E-state index in [9.17, 15) is 4.79 Å². The van der Waals surface area contributed by atoms with Crippen LogP contribution in [0.2, 0.25) is 0 Å². The molecule has 0 fully saturated rings. The monoisotopic (exact) mass is 279 g/mol. The predicted octanol–water partition coefficient (Wildman–Crippen LogP) is 1.66. The predicted molar refractivity (Wildman–Crippen MR) is 70.2 cm³/mol. The lowest BCUT2D eigenvalue weighted by Gasteiger charge is -2.02. The number of rotatable bonds is 6. The third kappa shape index (κ3) is 3.99. The molecule has 1 heterocycles. The Balaban J connectivity index is 1.94. The second-order valence-electron chi connectivity index (χ2n) is 3.77. The van der Waals surface area contributed by atoms with Crippen LogP contribution >= 0.6 is 11.8 Å². The van der Waals surface area contributed by atoms with E-state index in [0.29, 0.717) is 5.75 Å². The summed E-state index contributed by atoms with van der Waals surface area (Å²) >= 11 is 1.59. The summed E-state index contributed by atoms with van der Waals surface area (Å²) in [4.78, 5) is 11.6. The van der Waals surface area contributed by atoms with Crippen molar-refractivity contribution in [1.82, 2.24) is 15.0 Å². The Morgan fingerprint density at radius 3 is 3.11 bits per heavy atom. The van der Waals surface area contributed by atoms with Crippen molar-refractivity contribution in [1.29, 1.82) is 0 Å². The van der Waals surface area contributed by atoms with Crippen molar-refractivity contribution in [3.8, 4) is 5.75 Å². The Morgan fingerprint density at radius 2 is 2.37 bits per heavy atom. The van der Waals surface area contributed by atoms with E-state index in [-0.39, 0.29) is 6.54 Å². The van der Waals surface area contributed by atoms with Crippen LogP contribution in [0.4, 0.5) is 0 Å². The number of aliphatic carboxylic acids is 1. The average Bonchev–Trinajstić information content (AvgIpc) is 2.83. The van der Waals surface area contributed by atoms with Crippen LogP contribution < -0.4 is 4.74 Å². The van der Waals surface area contributed by atoms with E-state index in [4.69, 9.17) is 9.84 Å². The van der Waals surface area contributed by atoms with E-state index in [2.05, 4.69) is 10.3 Å². The zero-order chi connectivity index (χ0) is 13.7. The number of carbonyl (C=O) groups is 1. The molecule has 1 aromatic carbocycles. The molecule has 7 heteroatoms. The Morgan fingerprint density at radius 1 is 1.53 bits per heavy atom. The van der Waals surface area contributed by atoms with E-state index in [1.165, 1.54) is 4.68 Å². The molecular weight excluding hydrogens is 266 g/mol. The molecule has 0 aliphatic rings. The van der Waals surface area contributed by atoms with Gasteiger partial charge in [0.2, 0.25) is 0 Å². The Bertz CT molecular complexity index is 571. The van der Waals surface area contributed by atoms with Crippen molar-refractivity contribution in [2.45, 2.75) is 17.2 Å². The number of nitrogens with zero attached hydrogens (tertiary/aromatic N) is 3. The summed E-state index contributed by atoms with van der Waals surface area (Å²) in [7, 11) is 1.63. The molecule has 1 aromatic heterocycles. The fraction of sp³-hybridized carbons (Fsp3) is 0.250. The molecule has 0 amide bonds. The van der Waals surface area contributed by atoms with Crippen LogP contribution in [0.25, 0.3) is 0 Å². The minimum Gasteiger partial charge on any atom is -0.497 e. The summed E-state index contributed by atoms with van der Waals surface area (Å²) in [6.07, 6.45) is 1.64. The number of carboxylic acids is 1. The number of hydrogen-bond acceptors (Lipinski definition) is 5. The Kier molecular flexibility index (Phi) is 4.40. The van der Waals surface area contributed by atoms with Crippen molar-refractivity contribution >= 4 is 17.7 Å². The molecule has 100 valence electrons. The molecule has 6 nitrogen and oxygen atoms in total. The number of hydrogen-bond donors (Lipinski definition) is 1. The quantitative estimate of drug-likeness (QED) is 0.810. The van der Waals surface area contributed by atoms with E-state index in [0.717, 1.165) is 16.3 Å². The van der Waals surface area contributed by atoms with Crippen LogP contribution in [0.3, 0.4) is 0 Å². The lowest BCUT2D eigenvalue weighted by molar-refractivity contribution is -0.137. The molecule has 0 spiro atoms. The number of methoxy groups -OCH3 is 1. The van der Waals surface area contributed by atoms with Gasteiger partial charge in [0.1, 0.15) is 12.3 Å². The summed E-state index contributed by atoms with van der Waals surface area (Å²) in [6.45, 7) is -0.170. The largest absolute Gasteiger partial charge is 0.497 e. The maximum atomic E-state index is 10.5. The second-order valence-corrected chi connectivity index (χ2v) is 4.82. The first-order chi connectivity index (χ1) is 9.17. The maximum absolute atomic E-state index is 10.5. The van der Waals surface area contributed by atoms with Crippen LogP contribution in [-0.4, -0.2) is 33.2 Å². The highest BCUT2D eigenvalue weighted by Crippen LogP contribution is 2.25. The van der Waals surface area contributed by atoms with Gasteiger partial charge in [0.25, 0.3) is 0 Å². The average molecular weight is 279 g/mol. The van der Waals surface area contributed by atoms with E-state index in [1.807, 2.05) is 24.3 Å². The van der Waals surface area contributed by atoms with Gasteiger partial charge in [-0.1, -0.05) is 11.3 Å². The van der Waals surface area contributed by atoms with E-state index < -0.39 is 5.97 Å². The van der Waals surface area contributed by atoms with E-state index in [1.54, 1.807) is 25.1 Å². The first kappa shape index (κ1) is 13.4. The van der Waals surface area contributed by atoms with E-state index >= 15 is 0 Å². The standard InChI is InChI=1S/C12H13N3O3S/c1-18-10-3-2-4-11(5-10)19-8-9-6-15(14-13-9)7-12(16)17/h2-6H,7-8H2,1H3,(H,16,17). The summed E-state index contributed by atoms with van der Waals surface area (Å²) in [5, 5.41) is 16.3. The molecule has 2 aromatic rings. The molecule has 0 saturated carbocycles. The zero-order valence-corrected chi connectivity index (χ0v) is 11.1. The molecule has 0 saturated heterocycles. The summed E-state index contributed by atoms with van der Waals surface area (Å²) < 4.78 is 6.45. The van der Waals surface area contributed by atoms with Gasteiger partial charge in [-0.25, -0.2) is 4.68 Å². The van der Waals surface area contributed by atoms with Crippen LogP contribution in [0.1, 0.15) is 5.69 Å². The lowest BCUT2D eigenvalue weighted by Crippen LogP contribution is -2.08. The third-order valence-electron chi connectivity index (χ3n) is 2.31. The van der Waals surface area contributed by atoms with Gasteiger partial charge in [-0.2, -0.15) is 0 Å². The Hall–Kier alpha value is -2.02.